The van der Waals surface area contributed by atoms with Crippen LogP contribution >= 0.6 is 0 Å². The van der Waals surface area contributed by atoms with Gasteiger partial charge in [0.25, 0.3) is 0 Å². The Morgan fingerprint density at radius 2 is 2.12 bits per heavy atom. The Kier molecular flexibility index (Phi) is 3.21. The number of carbonyl (C=O) groups is 1. The number of piperidine rings is 1. The van der Waals surface area contributed by atoms with Crippen LogP contribution in [0.2, 0.25) is 0 Å². The molecule has 1 N–H and O–H groups in total. The Labute approximate surface area is 103 Å². The van der Waals surface area contributed by atoms with E-state index in [1.54, 1.807) is 7.11 Å². The fraction of sp³-hybridized carbons (Fsp3) is 0.923. The van der Waals surface area contributed by atoms with E-state index < -0.39 is 11.1 Å². The molecule has 0 amide bonds. The number of hydrogen-bond acceptors (Lipinski definition) is 4. The van der Waals surface area contributed by atoms with E-state index in [2.05, 4.69) is 5.32 Å². The topological polar surface area (TPSA) is 47.6 Å². The van der Waals surface area contributed by atoms with Crippen molar-refractivity contribution in [3.8, 4) is 0 Å². The molecule has 2 rings (SSSR count). The van der Waals surface area contributed by atoms with Gasteiger partial charge in [0.05, 0.1) is 6.10 Å². The smallest absolute Gasteiger partial charge is 0.326 e. The van der Waals surface area contributed by atoms with Gasteiger partial charge in [-0.15, -0.1) is 0 Å². The minimum atomic E-state index is -0.503. The fourth-order valence-corrected chi connectivity index (χ4v) is 2.88. The summed E-state index contributed by atoms with van der Waals surface area (Å²) in [6.45, 7) is 5.72. The van der Waals surface area contributed by atoms with Crippen molar-refractivity contribution in [2.24, 2.45) is 0 Å². The molecule has 2 bridgehead atoms. The van der Waals surface area contributed by atoms with Crippen LogP contribution < -0.4 is 5.32 Å². The first-order valence-electron chi connectivity index (χ1n) is 6.39. The lowest BCUT2D eigenvalue weighted by Gasteiger charge is -2.38. The number of fused-ring (bicyclic) bond motifs is 2. The zero-order chi connectivity index (χ0) is 12.7. The minimum absolute atomic E-state index is 0.116. The van der Waals surface area contributed by atoms with Gasteiger partial charge in [0, 0.05) is 19.6 Å². The van der Waals surface area contributed by atoms with E-state index in [0.717, 1.165) is 25.7 Å². The molecule has 0 aromatic carbocycles. The van der Waals surface area contributed by atoms with Gasteiger partial charge < -0.3 is 9.47 Å². The van der Waals surface area contributed by atoms with Crippen LogP contribution in [0.4, 0.5) is 0 Å². The molecule has 4 nitrogen and oxygen atoms in total. The molecular weight excluding hydrogens is 218 g/mol. The Bertz CT molecular complexity index is 310. The third-order valence-corrected chi connectivity index (χ3v) is 3.65. The number of carbonyl (C=O) groups excluding carboxylic acids is 1. The molecule has 2 fully saturated rings. The molecule has 0 aromatic rings. The summed E-state index contributed by atoms with van der Waals surface area (Å²) in [6, 6.07) is 0.404. The lowest BCUT2D eigenvalue weighted by atomic mass is 9.88. The van der Waals surface area contributed by atoms with Crippen molar-refractivity contribution in [3.63, 3.8) is 0 Å². The maximum atomic E-state index is 12.3. The van der Waals surface area contributed by atoms with E-state index in [1.807, 2.05) is 20.8 Å². The first kappa shape index (κ1) is 12.8. The normalized spacial score (nSPS) is 36.9. The monoisotopic (exact) mass is 241 g/mol. The van der Waals surface area contributed by atoms with E-state index in [0.29, 0.717) is 6.04 Å². The second-order valence-electron chi connectivity index (χ2n) is 6.26. The maximum Gasteiger partial charge on any atom is 0.326 e. The highest BCUT2D eigenvalue weighted by atomic mass is 16.6. The lowest BCUT2D eigenvalue weighted by Crippen LogP contribution is -2.58. The number of methoxy groups -OCH3 is 1. The highest BCUT2D eigenvalue weighted by Crippen LogP contribution is 2.38. The van der Waals surface area contributed by atoms with Crippen LogP contribution in [0, 0.1) is 0 Å². The van der Waals surface area contributed by atoms with Crippen LogP contribution in [0.1, 0.15) is 46.5 Å². The number of nitrogens with one attached hydrogen (secondary N) is 1. The molecule has 0 radical (unpaired) electrons. The quantitative estimate of drug-likeness (QED) is 0.746. The third kappa shape index (κ3) is 2.63. The molecule has 4 heteroatoms. The minimum Gasteiger partial charge on any atom is -0.459 e. The van der Waals surface area contributed by atoms with Crippen molar-refractivity contribution in [2.45, 2.75) is 69.7 Å². The van der Waals surface area contributed by atoms with Gasteiger partial charge in [-0.3, -0.25) is 10.1 Å². The van der Waals surface area contributed by atoms with Gasteiger partial charge in [-0.1, -0.05) is 0 Å². The van der Waals surface area contributed by atoms with Gasteiger partial charge in [0.2, 0.25) is 0 Å². The van der Waals surface area contributed by atoms with Crippen molar-refractivity contribution < 1.29 is 14.3 Å². The Morgan fingerprint density at radius 3 is 2.71 bits per heavy atom. The van der Waals surface area contributed by atoms with Gasteiger partial charge in [0.1, 0.15) is 11.1 Å². The van der Waals surface area contributed by atoms with E-state index in [1.165, 1.54) is 0 Å². The average molecular weight is 241 g/mol. The van der Waals surface area contributed by atoms with Crippen molar-refractivity contribution in [2.75, 3.05) is 7.11 Å². The van der Waals surface area contributed by atoms with Crippen molar-refractivity contribution in [1.29, 1.82) is 0 Å². The van der Waals surface area contributed by atoms with Gasteiger partial charge in [-0.25, -0.2) is 0 Å². The first-order chi connectivity index (χ1) is 7.85. The molecular formula is C13H23NO3. The second-order valence-corrected chi connectivity index (χ2v) is 6.26. The molecule has 0 aliphatic carbocycles. The van der Waals surface area contributed by atoms with Gasteiger partial charge in [0.15, 0.2) is 0 Å². The summed E-state index contributed by atoms with van der Waals surface area (Å²) in [5.41, 5.74) is -0.928. The molecule has 2 heterocycles. The van der Waals surface area contributed by atoms with Gasteiger partial charge >= 0.3 is 5.97 Å². The maximum absolute atomic E-state index is 12.3. The van der Waals surface area contributed by atoms with Crippen LogP contribution in [0.15, 0.2) is 0 Å². The summed E-state index contributed by atoms with van der Waals surface area (Å²) in [7, 11) is 1.72. The van der Waals surface area contributed by atoms with Crippen LogP contribution in [-0.4, -0.2) is 36.4 Å². The van der Waals surface area contributed by atoms with Crippen molar-refractivity contribution in [1.82, 2.24) is 5.32 Å². The summed E-state index contributed by atoms with van der Waals surface area (Å²) < 4.78 is 11.0. The summed E-state index contributed by atoms with van der Waals surface area (Å²) in [4.78, 5) is 12.3. The van der Waals surface area contributed by atoms with Crippen LogP contribution in [0.3, 0.4) is 0 Å². The Balaban J connectivity index is 2.10. The summed E-state index contributed by atoms with van der Waals surface area (Å²) in [5, 5.41) is 3.44. The standard InChI is InChI=1S/C13H23NO3/c1-12(2,3)17-11(15)13-6-5-9(14-13)7-10(8-13)16-4/h9-10,14H,5-8H2,1-4H3. The van der Waals surface area contributed by atoms with E-state index in [-0.39, 0.29) is 12.1 Å². The highest BCUT2D eigenvalue weighted by molar-refractivity contribution is 5.82. The van der Waals surface area contributed by atoms with Gasteiger partial charge in [-0.05, 0) is 40.0 Å². The second kappa shape index (κ2) is 4.25. The molecule has 0 saturated carbocycles. The SMILES string of the molecule is COC1CC2CCC(C(=O)OC(C)(C)C)(C1)N2. The highest BCUT2D eigenvalue weighted by Gasteiger charge is 2.52. The largest absolute Gasteiger partial charge is 0.459 e. The summed E-state index contributed by atoms with van der Waals surface area (Å²) in [6.07, 6.45) is 3.82. The molecule has 3 atom stereocenters. The van der Waals surface area contributed by atoms with Crippen LogP contribution in [0.25, 0.3) is 0 Å². The molecule has 2 aliphatic heterocycles. The van der Waals surface area contributed by atoms with E-state index in [9.17, 15) is 4.79 Å². The Hall–Kier alpha value is -0.610. The van der Waals surface area contributed by atoms with Crippen LogP contribution in [-0.2, 0) is 14.3 Å². The number of rotatable bonds is 2. The molecule has 0 spiro atoms. The van der Waals surface area contributed by atoms with Crippen molar-refractivity contribution >= 4 is 5.97 Å². The van der Waals surface area contributed by atoms with Gasteiger partial charge in [-0.2, -0.15) is 0 Å². The summed E-state index contributed by atoms with van der Waals surface area (Å²) in [5.74, 6) is -0.116. The predicted octanol–water partition coefficient (Wildman–Crippen LogP) is 1.63. The average Bonchev–Trinajstić information content (AvgIpc) is 2.53. The molecule has 0 aromatic heterocycles. The van der Waals surface area contributed by atoms with Crippen LogP contribution in [0.5, 0.6) is 0 Å². The number of esters is 1. The first-order valence-corrected chi connectivity index (χ1v) is 6.39. The molecule has 3 unspecified atom stereocenters. The van der Waals surface area contributed by atoms with E-state index >= 15 is 0 Å². The number of hydrogen-bond donors (Lipinski definition) is 1. The van der Waals surface area contributed by atoms with Crippen molar-refractivity contribution in [3.05, 3.63) is 0 Å². The zero-order valence-electron chi connectivity index (χ0n) is 11.2. The molecule has 98 valence electrons. The lowest BCUT2D eigenvalue weighted by molar-refractivity contribution is -0.165. The predicted molar refractivity (Wildman–Crippen MR) is 64.8 cm³/mol. The molecule has 2 saturated heterocycles. The molecule has 17 heavy (non-hydrogen) atoms. The third-order valence-electron chi connectivity index (χ3n) is 3.65. The number of ether oxygens (including phenoxy) is 2. The Morgan fingerprint density at radius 1 is 1.41 bits per heavy atom. The zero-order valence-corrected chi connectivity index (χ0v) is 11.2. The molecule has 2 aliphatic rings. The summed E-state index contributed by atoms with van der Waals surface area (Å²) >= 11 is 0. The van der Waals surface area contributed by atoms with E-state index in [4.69, 9.17) is 9.47 Å². The fourth-order valence-electron chi connectivity index (χ4n) is 2.88.